The number of fused-ring (bicyclic) bond motifs is 1. The predicted molar refractivity (Wildman–Crippen MR) is 99.3 cm³/mol. The van der Waals surface area contributed by atoms with Crippen LogP contribution in [0.4, 0.5) is 10.1 Å². The molecule has 0 bridgehead atoms. The molecular formula is C18H16FN3O4S. The second-order valence-electron chi connectivity index (χ2n) is 5.57. The third-order valence-electron chi connectivity index (χ3n) is 3.83. The summed E-state index contributed by atoms with van der Waals surface area (Å²) in [5, 5.41) is 10.7. The van der Waals surface area contributed by atoms with Gasteiger partial charge in [0.1, 0.15) is 5.82 Å². The predicted octanol–water partition coefficient (Wildman–Crippen LogP) is 3.53. The Balaban J connectivity index is 2.01. The summed E-state index contributed by atoms with van der Waals surface area (Å²) >= 11 is 1.20. The van der Waals surface area contributed by atoms with E-state index < -0.39 is 10.8 Å². The van der Waals surface area contributed by atoms with Gasteiger partial charge in [0.25, 0.3) is 11.6 Å². The normalized spacial score (nSPS) is 11.9. The van der Waals surface area contributed by atoms with Gasteiger partial charge < -0.3 is 9.30 Å². The van der Waals surface area contributed by atoms with E-state index in [1.54, 1.807) is 10.6 Å². The Morgan fingerprint density at radius 1 is 1.30 bits per heavy atom. The highest BCUT2D eigenvalue weighted by Gasteiger charge is 2.12. The third kappa shape index (κ3) is 4.26. The van der Waals surface area contributed by atoms with E-state index in [4.69, 9.17) is 4.74 Å². The van der Waals surface area contributed by atoms with Crippen molar-refractivity contribution in [3.05, 3.63) is 68.8 Å². The number of carbonyl (C=O) groups excluding carboxylic acids is 1. The third-order valence-corrected chi connectivity index (χ3v) is 4.87. The summed E-state index contributed by atoms with van der Waals surface area (Å²) in [6.07, 6.45) is 0. The summed E-state index contributed by atoms with van der Waals surface area (Å²) in [6, 6.07) is 9.63. The number of non-ortho nitro benzene ring substituents is 1. The molecule has 0 unspecified atom stereocenters. The molecule has 2 aromatic carbocycles. The van der Waals surface area contributed by atoms with E-state index >= 15 is 0 Å². The summed E-state index contributed by atoms with van der Waals surface area (Å²) in [7, 11) is 0. The monoisotopic (exact) mass is 389 g/mol. The maximum atomic E-state index is 13.5. The van der Waals surface area contributed by atoms with E-state index in [0.29, 0.717) is 29.3 Å². The topological polar surface area (TPSA) is 86.7 Å². The van der Waals surface area contributed by atoms with Crippen molar-refractivity contribution >= 4 is 33.1 Å². The number of amides is 1. The zero-order valence-corrected chi connectivity index (χ0v) is 15.2. The van der Waals surface area contributed by atoms with Crippen LogP contribution in [0.25, 0.3) is 10.2 Å². The van der Waals surface area contributed by atoms with Gasteiger partial charge in [0.05, 0.1) is 21.7 Å². The van der Waals surface area contributed by atoms with E-state index in [2.05, 4.69) is 4.99 Å². The lowest BCUT2D eigenvalue weighted by molar-refractivity contribution is -0.384. The SMILES string of the molecule is CCOCCn1c(=NC(=O)c2ccc([N+](=O)[O-])cc2)sc2cc(F)ccc21. The Kier molecular flexibility index (Phi) is 5.72. The molecule has 1 amide bonds. The number of rotatable bonds is 6. The average Bonchev–Trinajstić information content (AvgIpc) is 2.98. The molecule has 0 saturated carbocycles. The van der Waals surface area contributed by atoms with Crippen molar-refractivity contribution in [2.24, 2.45) is 4.99 Å². The Bertz CT molecular complexity index is 1060. The highest BCUT2D eigenvalue weighted by atomic mass is 32.1. The molecule has 0 aliphatic heterocycles. The van der Waals surface area contributed by atoms with Crippen molar-refractivity contribution in [2.45, 2.75) is 13.5 Å². The highest BCUT2D eigenvalue weighted by molar-refractivity contribution is 7.16. The molecule has 7 nitrogen and oxygen atoms in total. The second kappa shape index (κ2) is 8.19. The number of ether oxygens (including phenoxy) is 1. The zero-order valence-electron chi connectivity index (χ0n) is 14.4. The first-order valence-corrected chi connectivity index (χ1v) is 9.01. The number of aromatic nitrogens is 1. The molecule has 0 aliphatic rings. The first-order valence-electron chi connectivity index (χ1n) is 8.19. The van der Waals surface area contributed by atoms with Crippen LogP contribution in [-0.4, -0.2) is 28.6 Å². The lowest BCUT2D eigenvalue weighted by Gasteiger charge is -2.05. The lowest BCUT2D eigenvalue weighted by Crippen LogP contribution is -2.19. The second-order valence-corrected chi connectivity index (χ2v) is 6.58. The van der Waals surface area contributed by atoms with Crippen LogP contribution in [0.15, 0.2) is 47.5 Å². The van der Waals surface area contributed by atoms with E-state index in [1.807, 2.05) is 6.92 Å². The summed E-state index contributed by atoms with van der Waals surface area (Å²) in [5.74, 6) is -0.893. The van der Waals surface area contributed by atoms with Crippen molar-refractivity contribution in [2.75, 3.05) is 13.2 Å². The fourth-order valence-corrected chi connectivity index (χ4v) is 3.61. The summed E-state index contributed by atoms with van der Waals surface area (Å²) in [5.41, 5.74) is 0.896. The van der Waals surface area contributed by atoms with Crippen LogP contribution >= 0.6 is 11.3 Å². The number of nitro benzene ring substituents is 1. The molecule has 0 N–H and O–H groups in total. The van der Waals surface area contributed by atoms with Crippen molar-refractivity contribution in [1.82, 2.24) is 4.57 Å². The summed E-state index contributed by atoms with van der Waals surface area (Å²) in [6.45, 7) is 3.34. The zero-order chi connectivity index (χ0) is 19.4. The molecule has 27 heavy (non-hydrogen) atoms. The molecule has 0 radical (unpaired) electrons. The van der Waals surface area contributed by atoms with Crippen molar-refractivity contribution < 1.29 is 18.8 Å². The van der Waals surface area contributed by atoms with Gasteiger partial charge in [0.2, 0.25) is 0 Å². The van der Waals surface area contributed by atoms with Crippen LogP contribution in [0, 0.1) is 15.9 Å². The van der Waals surface area contributed by atoms with Crippen molar-refractivity contribution in [3.8, 4) is 0 Å². The van der Waals surface area contributed by atoms with Gasteiger partial charge in [0, 0.05) is 30.8 Å². The van der Waals surface area contributed by atoms with Gasteiger partial charge >= 0.3 is 0 Å². The lowest BCUT2D eigenvalue weighted by atomic mass is 10.2. The van der Waals surface area contributed by atoms with E-state index in [-0.39, 0.29) is 17.1 Å². The molecule has 1 heterocycles. The number of halogens is 1. The largest absolute Gasteiger partial charge is 0.380 e. The van der Waals surface area contributed by atoms with Crippen molar-refractivity contribution in [1.29, 1.82) is 0 Å². The van der Waals surface area contributed by atoms with Gasteiger partial charge in [-0.2, -0.15) is 4.99 Å². The van der Waals surface area contributed by atoms with E-state index in [0.717, 1.165) is 5.52 Å². The Morgan fingerprint density at radius 3 is 2.70 bits per heavy atom. The molecule has 3 aromatic rings. The molecular weight excluding hydrogens is 373 g/mol. The number of hydrogen-bond donors (Lipinski definition) is 0. The molecule has 0 fully saturated rings. The van der Waals surface area contributed by atoms with Crippen molar-refractivity contribution in [3.63, 3.8) is 0 Å². The number of benzene rings is 2. The highest BCUT2D eigenvalue weighted by Crippen LogP contribution is 2.19. The fraction of sp³-hybridized carbons (Fsp3) is 0.222. The average molecular weight is 389 g/mol. The van der Waals surface area contributed by atoms with Gasteiger partial charge in [-0.05, 0) is 37.3 Å². The number of thiazole rings is 1. The van der Waals surface area contributed by atoms with Crippen LogP contribution in [0.3, 0.4) is 0 Å². The maximum absolute atomic E-state index is 13.5. The summed E-state index contributed by atoms with van der Waals surface area (Å²) < 4.78 is 21.4. The smallest absolute Gasteiger partial charge is 0.279 e. The van der Waals surface area contributed by atoms with Gasteiger partial charge in [-0.15, -0.1) is 0 Å². The van der Waals surface area contributed by atoms with Crippen LogP contribution in [-0.2, 0) is 11.3 Å². The molecule has 0 spiro atoms. The van der Waals surface area contributed by atoms with Crippen LogP contribution in [0.2, 0.25) is 0 Å². The van der Waals surface area contributed by atoms with Gasteiger partial charge in [0.15, 0.2) is 4.80 Å². The molecule has 9 heteroatoms. The van der Waals surface area contributed by atoms with Gasteiger partial charge in [-0.1, -0.05) is 11.3 Å². The van der Waals surface area contributed by atoms with E-state index in [9.17, 15) is 19.3 Å². The minimum Gasteiger partial charge on any atom is -0.380 e. The molecule has 3 rings (SSSR count). The first-order chi connectivity index (χ1) is 13.0. The number of hydrogen-bond acceptors (Lipinski definition) is 5. The minimum absolute atomic E-state index is 0.101. The Morgan fingerprint density at radius 2 is 2.04 bits per heavy atom. The number of carbonyl (C=O) groups is 1. The number of nitro groups is 1. The maximum Gasteiger partial charge on any atom is 0.279 e. The molecule has 0 atom stereocenters. The van der Waals surface area contributed by atoms with E-state index in [1.165, 1.54) is 47.7 Å². The first kappa shape index (κ1) is 18.9. The summed E-state index contributed by atoms with van der Waals surface area (Å²) in [4.78, 5) is 27.2. The molecule has 1 aromatic heterocycles. The molecule has 0 aliphatic carbocycles. The van der Waals surface area contributed by atoms with Crippen LogP contribution in [0.5, 0.6) is 0 Å². The molecule has 0 saturated heterocycles. The Labute approximate surface area is 157 Å². The number of nitrogens with zero attached hydrogens (tertiary/aromatic N) is 3. The van der Waals surface area contributed by atoms with Crippen LogP contribution < -0.4 is 4.80 Å². The van der Waals surface area contributed by atoms with Gasteiger partial charge in [-0.3, -0.25) is 14.9 Å². The van der Waals surface area contributed by atoms with Crippen LogP contribution in [0.1, 0.15) is 17.3 Å². The molecule has 140 valence electrons. The quantitative estimate of drug-likeness (QED) is 0.367. The fourth-order valence-electron chi connectivity index (χ4n) is 2.53. The Hall–Kier alpha value is -2.91. The van der Waals surface area contributed by atoms with Gasteiger partial charge in [-0.25, -0.2) is 4.39 Å². The minimum atomic E-state index is -0.534. The standard InChI is InChI=1S/C18H16FN3O4S/c1-2-26-10-9-21-15-8-5-13(19)11-16(15)27-18(21)20-17(23)12-3-6-14(7-4-12)22(24)25/h3-8,11H,2,9-10H2,1H3.